The Morgan fingerprint density at radius 3 is 1.45 bits per heavy atom. The van der Waals surface area contributed by atoms with E-state index in [4.69, 9.17) is 0 Å². The van der Waals surface area contributed by atoms with Gasteiger partial charge in [0.05, 0.1) is 20.6 Å². The molecule has 0 aliphatic rings. The highest BCUT2D eigenvalue weighted by atomic mass is 35.5. The van der Waals surface area contributed by atoms with Crippen molar-refractivity contribution < 1.29 is 16.9 Å². The molecule has 0 saturated heterocycles. The van der Waals surface area contributed by atoms with Gasteiger partial charge in [-0.1, -0.05) is 127 Å². The van der Waals surface area contributed by atoms with Crippen molar-refractivity contribution in [2.24, 2.45) is 0 Å². The summed E-state index contributed by atoms with van der Waals surface area (Å²) in [6.45, 7) is 7.90. The number of halogens is 1. The molecule has 0 aliphatic heterocycles. The minimum Gasteiger partial charge on any atom is -1.00 e. The Kier molecular flexibility index (Phi) is 19.4. The van der Waals surface area contributed by atoms with Crippen molar-refractivity contribution >= 4 is 0 Å². The highest BCUT2D eigenvalue weighted by Gasteiger charge is 2.19. The summed E-state index contributed by atoms with van der Waals surface area (Å²) in [5.74, 6) is 0. The van der Waals surface area contributed by atoms with Crippen LogP contribution in [0.4, 0.5) is 0 Å². The minimum atomic E-state index is 0. The highest BCUT2D eigenvalue weighted by molar-refractivity contribution is 5.18. The quantitative estimate of drug-likeness (QED) is 0.167. The second kappa shape index (κ2) is 19.9. The molecule has 180 valence electrons. The second-order valence-electron chi connectivity index (χ2n) is 9.94. The summed E-state index contributed by atoms with van der Waals surface area (Å²) < 4.78 is 0.952. The topological polar surface area (TPSA) is 0 Å². The van der Waals surface area contributed by atoms with Crippen LogP contribution in [0, 0.1) is 0 Å². The third-order valence-corrected chi connectivity index (χ3v) is 6.68. The average molecular weight is 450 g/mol. The number of hydrogen-bond acceptors (Lipinski definition) is 0. The van der Waals surface area contributed by atoms with Crippen molar-refractivity contribution in [2.75, 3.05) is 20.6 Å². The van der Waals surface area contributed by atoms with Gasteiger partial charge in [0.2, 0.25) is 0 Å². The third kappa shape index (κ3) is 16.5. The summed E-state index contributed by atoms with van der Waals surface area (Å²) in [6, 6.07) is 10.7. The number of hydrogen-bond donors (Lipinski definition) is 0. The van der Waals surface area contributed by atoms with Crippen molar-refractivity contribution in [2.45, 2.75) is 116 Å². The fraction of sp³-hybridized carbons (Fsp3) is 0.724. The molecule has 0 radical (unpaired) electrons. The first-order valence-electron chi connectivity index (χ1n) is 13.1. The third-order valence-electron chi connectivity index (χ3n) is 6.68. The Labute approximate surface area is 201 Å². The maximum atomic E-state index is 4.39. The lowest BCUT2D eigenvalue weighted by atomic mass is 10.0. The molecule has 0 aromatic heterocycles. The van der Waals surface area contributed by atoms with Gasteiger partial charge in [0.25, 0.3) is 0 Å². The zero-order chi connectivity index (χ0) is 21.9. The molecular formula is C29H52ClN. The lowest BCUT2D eigenvalue weighted by Gasteiger charge is -2.31. The number of rotatable bonds is 20. The Morgan fingerprint density at radius 2 is 1.03 bits per heavy atom. The van der Waals surface area contributed by atoms with Gasteiger partial charge in [-0.25, -0.2) is 0 Å². The number of quaternary nitrogens is 1. The van der Waals surface area contributed by atoms with Crippen LogP contribution in [0.2, 0.25) is 0 Å². The van der Waals surface area contributed by atoms with Crippen molar-refractivity contribution in [3.63, 3.8) is 0 Å². The maximum absolute atomic E-state index is 4.39. The Bertz CT molecular complexity index is 523. The van der Waals surface area contributed by atoms with Gasteiger partial charge in [-0.2, -0.15) is 0 Å². The summed E-state index contributed by atoms with van der Waals surface area (Å²) in [7, 11) is 4.63. The number of likely N-dealkylation sites (N-methyl/N-ethyl adjacent to an activating group) is 1. The fourth-order valence-corrected chi connectivity index (χ4v) is 4.26. The first-order valence-corrected chi connectivity index (χ1v) is 13.1. The molecule has 1 nitrogen and oxygen atoms in total. The Hall–Kier alpha value is -0.790. The van der Waals surface area contributed by atoms with Crippen LogP contribution in [0.1, 0.15) is 115 Å². The lowest BCUT2D eigenvalue weighted by molar-refractivity contribution is -0.853. The van der Waals surface area contributed by atoms with Gasteiger partial charge in [0.15, 0.2) is 0 Å². The van der Waals surface area contributed by atoms with E-state index in [0.29, 0.717) is 0 Å². The minimum absolute atomic E-state index is 0. The van der Waals surface area contributed by atoms with E-state index in [1.807, 2.05) is 0 Å². The van der Waals surface area contributed by atoms with Gasteiger partial charge in [-0.3, -0.25) is 4.48 Å². The predicted octanol–water partition coefficient (Wildman–Crippen LogP) is 6.08. The maximum Gasteiger partial charge on any atom is 0.105 e. The number of nitrogens with zero attached hydrogens (tertiary/aromatic N) is 1. The summed E-state index contributed by atoms with van der Waals surface area (Å²) in [4.78, 5) is 0. The van der Waals surface area contributed by atoms with Gasteiger partial charge in [0, 0.05) is 6.42 Å². The number of benzene rings is 1. The van der Waals surface area contributed by atoms with Crippen LogP contribution in [-0.4, -0.2) is 25.1 Å². The van der Waals surface area contributed by atoms with E-state index in [1.165, 1.54) is 121 Å². The zero-order valence-electron chi connectivity index (χ0n) is 21.1. The van der Waals surface area contributed by atoms with Crippen LogP contribution in [0.15, 0.2) is 42.6 Å². The molecule has 2 heteroatoms. The molecule has 1 rings (SSSR count). The average Bonchev–Trinajstić information content (AvgIpc) is 2.74. The van der Waals surface area contributed by atoms with Crippen LogP contribution in [0.25, 0.3) is 0 Å². The van der Waals surface area contributed by atoms with Gasteiger partial charge in [0.1, 0.15) is 5.70 Å². The summed E-state index contributed by atoms with van der Waals surface area (Å²) in [6.07, 6.45) is 23.9. The van der Waals surface area contributed by atoms with Crippen molar-refractivity contribution in [1.82, 2.24) is 0 Å². The zero-order valence-corrected chi connectivity index (χ0v) is 21.9. The standard InChI is InChI=1S/C29H52N.ClH/c1-5-6-7-8-9-10-11-12-13-14-15-16-17-18-19-23-26-30(3,4)28(2)27-29-24-21-20-22-25-29;/h20-22,24-25H,2,5-19,23,26-27H2,1,3-4H3;1H/q+1;/p-1. The van der Waals surface area contributed by atoms with Crippen LogP contribution < -0.4 is 12.4 Å². The van der Waals surface area contributed by atoms with Crippen LogP contribution >= 0.6 is 0 Å². The molecular weight excluding hydrogens is 398 g/mol. The monoisotopic (exact) mass is 449 g/mol. The Balaban J connectivity index is 0.00000900. The van der Waals surface area contributed by atoms with Gasteiger partial charge >= 0.3 is 0 Å². The molecule has 0 atom stereocenters. The van der Waals surface area contributed by atoms with Crippen molar-refractivity contribution in [3.05, 3.63) is 48.2 Å². The summed E-state index contributed by atoms with van der Waals surface area (Å²) in [5, 5.41) is 0. The van der Waals surface area contributed by atoms with E-state index in [-0.39, 0.29) is 12.4 Å². The predicted molar refractivity (Wildman–Crippen MR) is 136 cm³/mol. The molecule has 31 heavy (non-hydrogen) atoms. The molecule has 0 heterocycles. The number of allylic oxidation sites excluding steroid dienone is 1. The lowest BCUT2D eigenvalue weighted by Crippen LogP contribution is -3.00. The molecule has 0 N–H and O–H groups in total. The van der Waals surface area contributed by atoms with E-state index in [9.17, 15) is 0 Å². The van der Waals surface area contributed by atoms with Gasteiger partial charge < -0.3 is 12.4 Å². The largest absolute Gasteiger partial charge is 1.00 e. The fourth-order valence-electron chi connectivity index (χ4n) is 4.26. The first-order chi connectivity index (χ1) is 14.6. The molecule has 0 bridgehead atoms. The van der Waals surface area contributed by atoms with Crippen LogP contribution in [-0.2, 0) is 6.42 Å². The van der Waals surface area contributed by atoms with E-state index < -0.39 is 0 Å². The summed E-state index contributed by atoms with van der Waals surface area (Å²) >= 11 is 0. The summed E-state index contributed by atoms with van der Waals surface area (Å²) in [5.41, 5.74) is 2.70. The second-order valence-corrected chi connectivity index (χ2v) is 9.94. The molecule has 0 spiro atoms. The highest BCUT2D eigenvalue weighted by Crippen LogP contribution is 2.18. The van der Waals surface area contributed by atoms with E-state index in [1.54, 1.807) is 0 Å². The molecule has 1 aromatic carbocycles. The van der Waals surface area contributed by atoms with E-state index >= 15 is 0 Å². The van der Waals surface area contributed by atoms with Gasteiger partial charge in [-0.05, 0) is 25.0 Å². The smallest absolute Gasteiger partial charge is 0.105 e. The van der Waals surface area contributed by atoms with Crippen LogP contribution in [0.3, 0.4) is 0 Å². The van der Waals surface area contributed by atoms with E-state index in [2.05, 4.69) is 57.9 Å². The normalized spacial score (nSPS) is 11.3. The SMILES string of the molecule is C=C(Cc1ccccc1)[N+](C)(C)CCCCCCCCCCCCCCCCCC.[Cl-]. The molecule has 0 unspecified atom stereocenters. The number of unbranched alkanes of at least 4 members (excludes halogenated alkanes) is 15. The Morgan fingerprint density at radius 1 is 0.645 bits per heavy atom. The van der Waals surface area contributed by atoms with Crippen molar-refractivity contribution in [3.8, 4) is 0 Å². The first kappa shape index (κ1) is 30.2. The molecule has 0 fully saturated rings. The molecule has 1 aromatic rings. The molecule has 0 aliphatic carbocycles. The van der Waals surface area contributed by atoms with Gasteiger partial charge in [-0.15, -0.1) is 0 Å². The van der Waals surface area contributed by atoms with Crippen molar-refractivity contribution in [1.29, 1.82) is 0 Å². The van der Waals surface area contributed by atoms with Crippen LogP contribution in [0.5, 0.6) is 0 Å². The molecule has 0 amide bonds. The molecule has 0 saturated carbocycles. The van der Waals surface area contributed by atoms with E-state index in [0.717, 1.165) is 10.9 Å².